The summed E-state index contributed by atoms with van der Waals surface area (Å²) in [5.74, 6) is 0. The summed E-state index contributed by atoms with van der Waals surface area (Å²) in [6.07, 6.45) is 9.66. The number of hydrogen-bond donors (Lipinski definition) is 0. The van der Waals surface area contributed by atoms with Gasteiger partial charge in [-0.25, -0.2) is 0 Å². The first-order chi connectivity index (χ1) is 7.24. The highest BCUT2D eigenvalue weighted by Crippen LogP contribution is 2.26. The molecule has 0 aliphatic rings. The summed E-state index contributed by atoms with van der Waals surface area (Å²) in [5.41, 5.74) is 1.57. The van der Waals surface area contributed by atoms with E-state index in [0.717, 1.165) is 0 Å². The standard InChI is InChI=1S/C12H18I2S/c1-2-3-4-5-6-7-8-10-9-11(13)15-12(10)14/h9H,2-8H2,1H3. The maximum absolute atomic E-state index is 2.47. The molecule has 0 fully saturated rings. The first kappa shape index (κ1) is 14.2. The summed E-state index contributed by atoms with van der Waals surface area (Å²) in [4.78, 5) is 0. The molecule has 86 valence electrons. The number of aryl methyl sites for hydroxylation is 1. The Hall–Kier alpha value is 1.16. The fourth-order valence-corrected chi connectivity index (χ4v) is 5.74. The van der Waals surface area contributed by atoms with Gasteiger partial charge in [-0.15, -0.1) is 11.3 Å². The molecule has 0 spiro atoms. The van der Waals surface area contributed by atoms with Crippen LogP contribution in [0.1, 0.15) is 51.0 Å². The van der Waals surface area contributed by atoms with Gasteiger partial charge in [0.05, 0.1) is 5.77 Å². The van der Waals surface area contributed by atoms with Crippen LogP contribution in [0.25, 0.3) is 0 Å². The van der Waals surface area contributed by atoms with E-state index in [1.54, 1.807) is 5.56 Å². The summed E-state index contributed by atoms with van der Waals surface area (Å²) >= 11 is 6.80. The van der Waals surface area contributed by atoms with Crippen molar-refractivity contribution in [2.24, 2.45) is 0 Å². The van der Waals surface area contributed by atoms with E-state index in [1.807, 2.05) is 11.3 Å². The van der Waals surface area contributed by atoms with E-state index in [1.165, 1.54) is 50.7 Å². The van der Waals surface area contributed by atoms with Crippen molar-refractivity contribution >= 4 is 56.5 Å². The molecular weight excluding hydrogens is 430 g/mol. The van der Waals surface area contributed by atoms with Crippen LogP contribution in [0.4, 0.5) is 0 Å². The first-order valence-electron chi connectivity index (χ1n) is 5.67. The highest BCUT2D eigenvalue weighted by molar-refractivity contribution is 14.1. The lowest BCUT2D eigenvalue weighted by molar-refractivity contribution is 0.607. The molecule has 0 bridgehead atoms. The lowest BCUT2D eigenvalue weighted by atomic mass is 10.1. The SMILES string of the molecule is CCCCCCCCc1cc(I)sc1I. The van der Waals surface area contributed by atoms with Gasteiger partial charge in [0.1, 0.15) is 0 Å². The van der Waals surface area contributed by atoms with Crippen molar-refractivity contribution in [3.05, 3.63) is 17.4 Å². The topological polar surface area (TPSA) is 0 Å². The molecule has 0 atom stereocenters. The van der Waals surface area contributed by atoms with Crippen molar-refractivity contribution in [3.8, 4) is 0 Å². The van der Waals surface area contributed by atoms with Crippen molar-refractivity contribution in [1.82, 2.24) is 0 Å². The largest absolute Gasteiger partial charge is 0.123 e. The highest BCUT2D eigenvalue weighted by atomic mass is 127. The molecule has 15 heavy (non-hydrogen) atoms. The summed E-state index contributed by atoms with van der Waals surface area (Å²) in [6.45, 7) is 2.27. The molecule has 1 rings (SSSR count). The fourth-order valence-electron chi connectivity index (χ4n) is 1.64. The van der Waals surface area contributed by atoms with Crippen molar-refractivity contribution in [2.45, 2.75) is 51.9 Å². The molecule has 0 nitrogen and oxygen atoms in total. The molecule has 0 saturated carbocycles. The quantitative estimate of drug-likeness (QED) is 0.362. The van der Waals surface area contributed by atoms with Crippen LogP contribution in [-0.4, -0.2) is 0 Å². The smallest absolute Gasteiger partial charge is 0.0696 e. The van der Waals surface area contributed by atoms with E-state index in [2.05, 4.69) is 58.2 Å². The number of unbranched alkanes of at least 4 members (excludes halogenated alkanes) is 5. The molecule has 0 aliphatic carbocycles. The Morgan fingerprint density at radius 3 is 2.33 bits per heavy atom. The predicted octanol–water partition coefficient (Wildman–Crippen LogP) is 5.86. The van der Waals surface area contributed by atoms with Crippen LogP contribution < -0.4 is 0 Å². The van der Waals surface area contributed by atoms with E-state index < -0.39 is 0 Å². The summed E-state index contributed by atoms with van der Waals surface area (Å²) < 4.78 is 2.92. The Balaban J connectivity index is 2.12. The Morgan fingerprint density at radius 2 is 1.73 bits per heavy atom. The van der Waals surface area contributed by atoms with Gasteiger partial charge in [-0.2, -0.15) is 0 Å². The summed E-state index contributed by atoms with van der Waals surface area (Å²) in [7, 11) is 0. The van der Waals surface area contributed by atoms with Gasteiger partial charge in [-0.3, -0.25) is 0 Å². The van der Waals surface area contributed by atoms with Crippen molar-refractivity contribution in [2.75, 3.05) is 0 Å². The third-order valence-corrected chi connectivity index (χ3v) is 5.61. The molecule has 0 N–H and O–H groups in total. The van der Waals surface area contributed by atoms with Crippen molar-refractivity contribution < 1.29 is 0 Å². The number of halogens is 2. The predicted molar refractivity (Wildman–Crippen MR) is 86.8 cm³/mol. The zero-order valence-electron chi connectivity index (χ0n) is 9.19. The molecule has 0 saturated heterocycles. The zero-order chi connectivity index (χ0) is 11.1. The van der Waals surface area contributed by atoms with E-state index in [9.17, 15) is 0 Å². The maximum atomic E-state index is 2.47. The molecule has 1 heterocycles. The second-order valence-corrected chi connectivity index (χ2v) is 8.62. The van der Waals surface area contributed by atoms with Crippen molar-refractivity contribution in [3.63, 3.8) is 0 Å². The fraction of sp³-hybridized carbons (Fsp3) is 0.667. The third kappa shape index (κ3) is 5.86. The van der Waals surface area contributed by atoms with Gasteiger partial charge in [0.2, 0.25) is 0 Å². The molecule has 1 aromatic heterocycles. The summed E-state index contributed by atoms with van der Waals surface area (Å²) in [5, 5.41) is 0. The molecule has 3 heteroatoms. The minimum absolute atomic E-state index is 1.28. The van der Waals surface area contributed by atoms with Gasteiger partial charge in [0.25, 0.3) is 0 Å². The normalized spacial score (nSPS) is 10.9. The lowest BCUT2D eigenvalue weighted by Gasteiger charge is -2.00. The third-order valence-electron chi connectivity index (χ3n) is 2.53. The van der Waals surface area contributed by atoms with E-state index in [4.69, 9.17) is 0 Å². The van der Waals surface area contributed by atoms with Gasteiger partial charge < -0.3 is 0 Å². The molecule has 0 unspecified atom stereocenters. The van der Waals surface area contributed by atoms with Crippen LogP contribution in [-0.2, 0) is 6.42 Å². The second-order valence-electron chi connectivity index (χ2n) is 3.87. The van der Waals surface area contributed by atoms with Crippen molar-refractivity contribution in [1.29, 1.82) is 0 Å². The Kier molecular flexibility index (Phi) is 7.85. The van der Waals surface area contributed by atoms with Gasteiger partial charge >= 0.3 is 0 Å². The highest BCUT2D eigenvalue weighted by Gasteiger charge is 2.04. The van der Waals surface area contributed by atoms with Crippen LogP contribution >= 0.6 is 56.5 Å². The average Bonchev–Trinajstić information content (AvgIpc) is 2.51. The number of hydrogen-bond acceptors (Lipinski definition) is 1. The van der Waals surface area contributed by atoms with Crippen LogP contribution in [0.2, 0.25) is 0 Å². The number of thiophene rings is 1. The molecule has 0 aliphatic heterocycles. The summed E-state index contributed by atoms with van der Waals surface area (Å²) in [6, 6.07) is 2.35. The minimum atomic E-state index is 1.28. The minimum Gasteiger partial charge on any atom is -0.123 e. The van der Waals surface area contributed by atoms with E-state index in [-0.39, 0.29) is 0 Å². The Bertz CT molecular complexity index is 281. The van der Waals surface area contributed by atoms with Gasteiger partial charge in [-0.05, 0) is 69.7 Å². The number of rotatable bonds is 7. The molecule has 0 aromatic carbocycles. The van der Waals surface area contributed by atoms with E-state index >= 15 is 0 Å². The van der Waals surface area contributed by atoms with Crippen LogP contribution in [0.3, 0.4) is 0 Å². The average molecular weight is 448 g/mol. The van der Waals surface area contributed by atoms with Crippen LogP contribution in [0, 0.1) is 5.77 Å². The molecule has 0 radical (unpaired) electrons. The maximum Gasteiger partial charge on any atom is 0.0696 e. The zero-order valence-corrected chi connectivity index (χ0v) is 14.3. The van der Waals surface area contributed by atoms with Crippen LogP contribution in [0.15, 0.2) is 6.07 Å². The Morgan fingerprint density at radius 1 is 1.07 bits per heavy atom. The van der Waals surface area contributed by atoms with Crippen LogP contribution in [0.5, 0.6) is 0 Å². The molecule has 0 amide bonds. The molecule has 1 aromatic rings. The lowest BCUT2D eigenvalue weighted by Crippen LogP contribution is -1.85. The molecular formula is C12H18I2S. The first-order valence-corrected chi connectivity index (χ1v) is 8.65. The van der Waals surface area contributed by atoms with Gasteiger partial charge in [0.15, 0.2) is 0 Å². The second kappa shape index (κ2) is 8.28. The van der Waals surface area contributed by atoms with Gasteiger partial charge in [-0.1, -0.05) is 39.0 Å². The van der Waals surface area contributed by atoms with Gasteiger partial charge in [0, 0.05) is 0 Å². The van der Waals surface area contributed by atoms with E-state index in [0.29, 0.717) is 0 Å². The monoisotopic (exact) mass is 448 g/mol. The Labute approximate surface area is 125 Å².